The summed E-state index contributed by atoms with van der Waals surface area (Å²) in [5, 5.41) is 10.7. The first-order chi connectivity index (χ1) is 12.3. The molecular weight excluding hydrogens is 336 g/mol. The average molecular weight is 360 g/mol. The maximum atomic E-state index is 12.3. The van der Waals surface area contributed by atoms with E-state index in [0.29, 0.717) is 35.4 Å². The number of anilines is 1. The third-order valence-corrected chi connectivity index (χ3v) is 5.01. The summed E-state index contributed by atoms with van der Waals surface area (Å²) in [6, 6.07) is 3.44. The lowest BCUT2D eigenvalue weighted by Gasteiger charge is -2.36. The summed E-state index contributed by atoms with van der Waals surface area (Å²) in [7, 11) is 3.07. The van der Waals surface area contributed by atoms with Crippen molar-refractivity contribution in [2.75, 3.05) is 26.5 Å². The van der Waals surface area contributed by atoms with Gasteiger partial charge in [-0.25, -0.2) is 14.8 Å². The van der Waals surface area contributed by atoms with Crippen LogP contribution < -0.4 is 15.2 Å². The molecule has 26 heavy (non-hydrogen) atoms. The second kappa shape index (κ2) is 6.60. The number of ether oxygens (including phenoxy) is 2. The van der Waals surface area contributed by atoms with Crippen molar-refractivity contribution in [3.63, 3.8) is 0 Å². The Kier molecular flexibility index (Phi) is 4.62. The average Bonchev–Trinajstić information content (AvgIpc) is 3.07. The maximum absolute atomic E-state index is 12.3. The Hall–Kier alpha value is -2.61. The summed E-state index contributed by atoms with van der Waals surface area (Å²) in [5.41, 5.74) is 5.42. The fourth-order valence-corrected chi connectivity index (χ4v) is 3.77. The van der Waals surface area contributed by atoms with Crippen molar-refractivity contribution in [1.29, 1.82) is 0 Å². The van der Waals surface area contributed by atoms with Crippen LogP contribution in [0.4, 0.5) is 5.82 Å². The molecule has 1 aliphatic heterocycles. The minimum atomic E-state index is -1.27. The van der Waals surface area contributed by atoms with Gasteiger partial charge in [0, 0.05) is 24.0 Å². The summed E-state index contributed by atoms with van der Waals surface area (Å²) in [6.45, 7) is 4.62. The van der Waals surface area contributed by atoms with Gasteiger partial charge >= 0.3 is 5.97 Å². The third kappa shape index (κ3) is 2.61. The number of carboxylic acids is 1. The fraction of sp³-hybridized carbons (Fsp3) is 0.500. The number of likely N-dealkylation sites (tertiary alicyclic amines) is 1. The van der Waals surface area contributed by atoms with Crippen molar-refractivity contribution in [2.45, 2.75) is 38.3 Å². The molecule has 8 heteroatoms. The van der Waals surface area contributed by atoms with E-state index in [9.17, 15) is 9.90 Å². The van der Waals surface area contributed by atoms with E-state index in [0.717, 1.165) is 6.42 Å². The molecule has 2 aromatic rings. The molecule has 0 radical (unpaired) electrons. The van der Waals surface area contributed by atoms with Crippen LogP contribution >= 0.6 is 0 Å². The van der Waals surface area contributed by atoms with Gasteiger partial charge in [0.2, 0.25) is 0 Å². The van der Waals surface area contributed by atoms with Crippen LogP contribution in [0.1, 0.15) is 32.5 Å². The molecular formula is C18H24N4O4. The Morgan fingerprint density at radius 2 is 1.92 bits per heavy atom. The van der Waals surface area contributed by atoms with Gasteiger partial charge < -0.3 is 20.3 Å². The number of nitrogen functional groups attached to an aromatic ring is 1. The number of carboxylic acid groups (broad SMARTS) is 1. The lowest BCUT2D eigenvalue weighted by Crippen LogP contribution is -2.51. The molecule has 140 valence electrons. The summed E-state index contributed by atoms with van der Waals surface area (Å²) in [5.74, 6) is 0.500. The van der Waals surface area contributed by atoms with Gasteiger partial charge in [-0.1, -0.05) is 0 Å². The molecule has 2 heterocycles. The van der Waals surface area contributed by atoms with Crippen LogP contribution in [0.2, 0.25) is 0 Å². The molecule has 0 saturated carbocycles. The van der Waals surface area contributed by atoms with Gasteiger partial charge in [0.1, 0.15) is 5.82 Å². The Balaban J connectivity index is 2.25. The molecule has 1 atom stereocenters. The number of hydrogen-bond acceptors (Lipinski definition) is 7. The molecule has 1 fully saturated rings. The van der Waals surface area contributed by atoms with Crippen molar-refractivity contribution >= 4 is 22.7 Å². The van der Waals surface area contributed by atoms with Gasteiger partial charge in [0.15, 0.2) is 22.9 Å². The maximum Gasteiger partial charge on any atom is 0.332 e. The van der Waals surface area contributed by atoms with Crippen LogP contribution in [0.25, 0.3) is 10.9 Å². The highest BCUT2D eigenvalue weighted by Crippen LogP contribution is 2.41. The molecule has 1 aromatic carbocycles. The van der Waals surface area contributed by atoms with Crippen LogP contribution in [-0.4, -0.2) is 52.7 Å². The number of rotatable bonds is 5. The number of fused-ring (bicyclic) bond motifs is 1. The summed E-state index contributed by atoms with van der Waals surface area (Å²) >= 11 is 0. The first kappa shape index (κ1) is 18.2. The first-order valence-electron chi connectivity index (χ1n) is 8.55. The van der Waals surface area contributed by atoms with E-state index in [1.54, 1.807) is 12.1 Å². The van der Waals surface area contributed by atoms with Crippen molar-refractivity contribution in [1.82, 2.24) is 14.9 Å². The van der Waals surface area contributed by atoms with E-state index in [-0.39, 0.29) is 17.7 Å². The smallest absolute Gasteiger partial charge is 0.332 e. The van der Waals surface area contributed by atoms with Crippen molar-refractivity contribution < 1.29 is 19.4 Å². The molecule has 1 aliphatic rings. The number of carbonyl (C=O) groups is 1. The zero-order chi connectivity index (χ0) is 19.1. The number of hydrogen-bond donors (Lipinski definition) is 2. The summed E-state index contributed by atoms with van der Waals surface area (Å²) in [4.78, 5) is 23.2. The first-order valence-corrected chi connectivity index (χ1v) is 8.55. The van der Waals surface area contributed by atoms with Crippen LogP contribution in [0.15, 0.2) is 12.1 Å². The van der Waals surface area contributed by atoms with Crippen LogP contribution in [0, 0.1) is 0 Å². The molecule has 3 rings (SSSR count). The Labute approximate surface area is 151 Å². The minimum Gasteiger partial charge on any atom is -0.493 e. The van der Waals surface area contributed by atoms with Gasteiger partial charge in [-0.05, 0) is 32.8 Å². The van der Waals surface area contributed by atoms with Gasteiger partial charge in [-0.2, -0.15) is 0 Å². The number of methoxy groups -OCH3 is 2. The van der Waals surface area contributed by atoms with E-state index < -0.39 is 11.5 Å². The van der Waals surface area contributed by atoms with Crippen molar-refractivity contribution in [3.05, 3.63) is 18.0 Å². The Bertz CT molecular complexity index is 855. The SMILES string of the molecule is COc1cc2nc([C@]3(C(=O)O)CCCN3C(C)C)nc(N)c2cc1OC. The summed E-state index contributed by atoms with van der Waals surface area (Å²) < 4.78 is 10.6. The molecule has 1 saturated heterocycles. The number of nitrogens with zero attached hydrogens (tertiary/aromatic N) is 3. The molecule has 0 spiro atoms. The van der Waals surface area contributed by atoms with E-state index >= 15 is 0 Å². The highest BCUT2D eigenvalue weighted by atomic mass is 16.5. The lowest BCUT2D eigenvalue weighted by atomic mass is 9.93. The quantitative estimate of drug-likeness (QED) is 0.833. The zero-order valence-corrected chi connectivity index (χ0v) is 15.4. The van der Waals surface area contributed by atoms with Gasteiger partial charge in [-0.15, -0.1) is 0 Å². The Morgan fingerprint density at radius 3 is 2.50 bits per heavy atom. The molecule has 0 aliphatic carbocycles. The Morgan fingerprint density at radius 1 is 1.27 bits per heavy atom. The molecule has 3 N–H and O–H groups in total. The van der Waals surface area contributed by atoms with Crippen molar-refractivity contribution in [3.8, 4) is 11.5 Å². The highest BCUT2D eigenvalue weighted by molar-refractivity contribution is 5.91. The number of aromatic nitrogens is 2. The van der Waals surface area contributed by atoms with Crippen LogP contribution in [0.5, 0.6) is 11.5 Å². The predicted octanol–water partition coefficient (Wildman–Crippen LogP) is 2.01. The highest BCUT2D eigenvalue weighted by Gasteiger charge is 2.52. The number of aliphatic carboxylic acids is 1. The summed E-state index contributed by atoms with van der Waals surface area (Å²) in [6.07, 6.45) is 1.20. The van der Waals surface area contributed by atoms with Gasteiger partial charge in [-0.3, -0.25) is 4.90 Å². The minimum absolute atomic E-state index is 0.0412. The van der Waals surface area contributed by atoms with E-state index in [4.69, 9.17) is 15.2 Å². The second-order valence-electron chi connectivity index (χ2n) is 6.71. The normalized spacial score (nSPS) is 20.7. The van der Waals surface area contributed by atoms with Gasteiger partial charge in [0.05, 0.1) is 19.7 Å². The zero-order valence-electron chi connectivity index (χ0n) is 15.4. The molecule has 8 nitrogen and oxygen atoms in total. The molecule has 0 bridgehead atoms. The molecule has 0 amide bonds. The van der Waals surface area contributed by atoms with E-state index in [1.165, 1.54) is 14.2 Å². The number of benzene rings is 1. The van der Waals surface area contributed by atoms with Gasteiger partial charge in [0.25, 0.3) is 0 Å². The predicted molar refractivity (Wildman–Crippen MR) is 97.4 cm³/mol. The van der Waals surface area contributed by atoms with Crippen molar-refractivity contribution in [2.24, 2.45) is 0 Å². The third-order valence-electron chi connectivity index (χ3n) is 5.01. The largest absolute Gasteiger partial charge is 0.493 e. The molecule has 1 aromatic heterocycles. The van der Waals surface area contributed by atoms with Crippen LogP contribution in [0.3, 0.4) is 0 Å². The standard InChI is InChI=1S/C18H24N4O4/c1-10(2)22-7-5-6-18(22,17(23)24)16-20-12-9-14(26-4)13(25-3)8-11(12)15(19)21-16/h8-10H,5-7H2,1-4H3,(H,23,24)(H2,19,20,21)/t18-/m0/s1. The van der Waals surface area contributed by atoms with Crippen LogP contribution in [-0.2, 0) is 10.3 Å². The van der Waals surface area contributed by atoms with E-state index in [2.05, 4.69) is 9.97 Å². The molecule has 0 unspecified atom stereocenters. The van der Waals surface area contributed by atoms with E-state index in [1.807, 2.05) is 18.7 Å². The number of nitrogens with two attached hydrogens (primary N) is 1. The lowest BCUT2D eigenvalue weighted by molar-refractivity contribution is -0.152. The monoisotopic (exact) mass is 360 g/mol. The fourth-order valence-electron chi connectivity index (χ4n) is 3.77. The second-order valence-corrected chi connectivity index (χ2v) is 6.71. The topological polar surface area (TPSA) is 111 Å².